The Bertz CT molecular complexity index is 1340. The van der Waals surface area contributed by atoms with Gasteiger partial charge in [0, 0.05) is 68.6 Å². The van der Waals surface area contributed by atoms with Crippen molar-refractivity contribution in [3.8, 4) is 0 Å². The van der Waals surface area contributed by atoms with E-state index in [0.717, 1.165) is 37.3 Å². The number of carboxylic acid groups (broad SMARTS) is 1. The van der Waals surface area contributed by atoms with Crippen molar-refractivity contribution in [1.29, 1.82) is 0 Å². The van der Waals surface area contributed by atoms with Crippen LogP contribution >= 0.6 is 11.6 Å². The van der Waals surface area contributed by atoms with Crippen LogP contribution in [-0.4, -0.2) is 93.5 Å². The molecule has 2 aromatic rings. The third kappa shape index (κ3) is 5.69. The SMILES string of the molecule is Cc1ccc(N(CCCN2CC3=CN(C(=O)c4c(C)ncnc4C)CC3C2)C(=O)C2CCN(C(=O)O)C2)cc1Cl. The maximum Gasteiger partial charge on any atom is 0.407 e. The third-order valence-electron chi connectivity index (χ3n) is 8.25. The molecule has 1 aromatic heterocycles. The molecule has 3 amide bonds. The maximum absolute atomic E-state index is 13.6. The highest BCUT2D eigenvalue weighted by Crippen LogP contribution is 2.32. The minimum atomic E-state index is -0.989. The molecule has 212 valence electrons. The standard InChI is InChI=1S/C29H35ClN6O4/c1-18-5-6-24(11-25(18)30)36(27(37)21-7-10-34(14-21)29(39)40)9-4-8-33-12-22-15-35(16-23(22)13-33)28(38)26-19(2)31-17-32-20(26)3/h5-6,11,15,17,21,23H,4,7-10,12-14,16H2,1-3H3,(H,39,40). The van der Waals surface area contributed by atoms with Crippen molar-refractivity contribution in [3.05, 3.63) is 63.8 Å². The Kier molecular flexibility index (Phi) is 8.09. The van der Waals surface area contributed by atoms with Crippen LogP contribution in [0.5, 0.6) is 0 Å². The van der Waals surface area contributed by atoms with Crippen LogP contribution in [0.3, 0.4) is 0 Å². The van der Waals surface area contributed by atoms with E-state index in [2.05, 4.69) is 14.9 Å². The van der Waals surface area contributed by atoms with Crippen molar-refractivity contribution in [2.45, 2.75) is 33.6 Å². The van der Waals surface area contributed by atoms with Gasteiger partial charge in [-0.2, -0.15) is 0 Å². The molecule has 2 atom stereocenters. The number of benzene rings is 1. The van der Waals surface area contributed by atoms with Gasteiger partial charge < -0.3 is 19.8 Å². The number of likely N-dealkylation sites (tertiary alicyclic amines) is 2. The maximum atomic E-state index is 13.6. The molecule has 2 fully saturated rings. The average Bonchev–Trinajstić information content (AvgIpc) is 3.63. The monoisotopic (exact) mass is 566 g/mol. The quantitative estimate of drug-likeness (QED) is 0.543. The Morgan fingerprint density at radius 3 is 2.50 bits per heavy atom. The lowest BCUT2D eigenvalue weighted by molar-refractivity contribution is -0.122. The van der Waals surface area contributed by atoms with Gasteiger partial charge in [0.1, 0.15) is 6.33 Å². The van der Waals surface area contributed by atoms with Gasteiger partial charge in [0.15, 0.2) is 0 Å². The summed E-state index contributed by atoms with van der Waals surface area (Å²) in [6, 6.07) is 5.62. The van der Waals surface area contributed by atoms with Crippen LogP contribution in [0.25, 0.3) is 0 Å². The summed E-state index contributed by atoms with van der Waals surface area (Å²) >= 11 is 6.40. The summed E-state index contributed by atoms with van der Waals surface area (Å²) in [5, 5.41) is 9.94. The fourth-order valence-corrected chi connectivity index (χ4v) is 6.15. The number of fused-ring (bicyclic) bond motifs is 1. The number of halogens is 1. The van der Waals surface area contributed by atoms with Crippen molar-refractivity contribution >= 4 is 35.2 Å². The molecule has 3 aliphatic rings. The summed E-state index contributed by atoms with van der Waals surface area (Å²) in [6.07, 6.45) is 3.76. The number of carbonyl (C=O) groups excluding carboxylic acids is 2. The van der Waals surface area contributed by atoms with Gasteiger partial charge in [0.25, 0.3) is 5.91 Å². The van der Waals surface area contributed by atoms with E-state index in [9.17, 15) is 19.5 Å². The van der Waals surface area contributed by atoms with Gasteiger partial charge in [-0.1, -0.05) is 17.7 Å². The predicted octanol–water partition coefficient (Wildman–Crippen LogP) is 3.75. The summed E-state index contributed by atoms with van der Waals surface area (Å²) in [5.41, 5.74) is 4.88. The summed E-state index contributed by atoms with van der Waals surface area (Å²) < 4.78 is 0. The van der Waals surface area contributed by atoms with E-state index in [0.29, 0.717) is 53.9 Å². The second-order valence-corrected chi connectivity index (χ2v) is 11.4. The van der Waals surface area contributed by atoms with Gasteiger partial charge in [-0.3, -0.25) is 14.5 Å². The zero-order valence-electron chi connectivity index (χ0n) is 23.1. The normalized spacial score (nSPS) is 20.6. The van der Waals surface area contributed by atoms with Crippen molar-refractivity contribution in [2.24, 2.45) is 11.8 Å². The number of aromatic nitrogens is 2. The van der Waals surface area contributed by atoms with Crippen LogP contribution in [0.1, 0.15) is 40.2 Å². The first-order chi connectivity index (χ1) is 19.1. The Hall–Kier alpha value is -3.50. The third-order valence-corrected chi connectivity index (χ3v) is 8.65. The van der Waals surface area contributed by atoms with Crippen molar-refractivity contribution < 1.29 is 19.5 Å². The molecule has 11 heteroatoms. The van der Waals surface area contributed by atoms with E-state index in [1.54, 1.807) is 9.80 Å². The molecule has 10 nitrogen and oxygen atoms in total. The van der Waals surface area contributed by atoms with Crippen molar-refractivity contribution in [1.82, 2.24) is 24.7 Å². The molecule has 4 heterocycles. The molecular formula is C29H35ClN6O4. The first kappa shape index (κ1) is 28.0. The number of hydrogen-bond acceptors (Lipinski definition) is 6. The van der Waals surface area contributed by atoms with Crippen molar-refractivity contribution in [2.75, 3.05) is 50.7 Å². The highest BCUT2D eigenvalue weighted by molar-refractivity contribution is 6.31. The molecule has 0 bridgehead atoms. The van der Waals surface area contributed by atoms with Crippen LogP contribution in [0.15, 0.2) is 36.3 Å². The minimum absolute atomic E-state index is 0.0525. The van der Waals surface area contributed by atoms with Gasteiger partial charge in [-0.05, 0) is 56.9 Å². The second kappa shape index (κ2) is 11.5. The summed E-state index contributed by atoms with van der Waals surface area (Å²) in [5.74, 6) is -0.181. The average molecular weight is 567 g/mol. The van der Waals surface area contributed by atoms with Crippen molar-refractivity contribution in [3.63, 3.8) is 0 Å². The molecule has 1 N–H and O–H groups in total. The second-order valence-electron chi connectivity index (χ2n) is 11.0. The lowest BCUT2D eigenvalue weighted by atomic mass is 10.1. The van der Waals surface area contributed by atoms with E-state index in [-0.39, 0.29) is 24.3 Å². The topological polar surface area (TPSA) is 110 Å². The number of rotatable bonds is 7. The molecule has 2 saturated heterocycles. The first-order valence-corrected chi connectivity index (χ1v) is 14.1. The highest BCUT2D eigenvalue weighted by atomic mass is 35.5. The molecule has 3 aliphatic heterocycles. The van der Waals surface area contributed by atoms with Crippen LogP contribution in [0.2, 0.25) is 5.02 Å². The predicted molar refractivity (Wildman–Crippen MR) is 151 cm³/mol. The van der Waals surface area contributed by atoms with Gasteiger partial charge in [0.05, 0.1) is 22.9 Å². The Morgan fingerprint density at radius 2 is 1.85 bits per heavy atom. The fraction of sp³-hybridized carbons (Fsp3) is 0.483. The minimum Gasteiger partial charge on any atom is -0.465 e. The van der Waals surface area contributed by atoms with Gasteiger partial charge >= 0.3 is 6.09 Å². The Morgan fingerprint density at radius 1 is 1.10 bits per heavy atom. The zero-order chi connectivity index (χ0) is 28.6. The molecule has 0 spiro atoms. The van der Waals surface area contributed by atoms with Crippen LogP contribution in [0.4, 0.5) is 10.5 Å². The van der Waals surface area contributed by atoms with E-state index < -0.39 is 6.09 Å². The number of amides is 3. The van der Waals surface area contributed by atoms with Crippen LogP contribution in [-0.2, 0) is 4.79 Å². The molecule has 1 aromatic carbocycles. The number of aryl methyl sites for hydroxylation is 3. The molecule has 2 unspecified atom stereocenters. The fourth-order valence-electron chi connectivity index (χ4n) is 5.97. The Balaban J connectivity index is 1.21. The lowest BCUT2D eigenvalue weighted by Crippen LogP contribution is -2.40. The molecular weight excluding hydrogens is 532 g/mol. The molecule has 0 aliphatic carbocycles. The van der Waals surface area contributed by atoms with Crippen LogP contribution < -0.4 is 4.90 Å². The number of carbonyl (C=O) groups is 3. The summed E-state index contributed by atoms with van der Waals surface area (Å²) in [6.45, 7) is 9.79. The largest absolute Gasteiger partial charge is 0.465 e. The molecule has 40 heavy (non-hydrogen) atoms. The van der Waals surface area contributed by atoms with Crippen LogP contribution in [0, 0.1) is 32.6 Å². The number of anilines is 1. The molecule has 0 saturated carbocycles. The first-order valence-electron chi connectivity index (χ1n) is 13.7. The van der Waals surface area contributed by atoms with E-state index in [1.165, 1.54) is 16.8 Å². The van der Waals surface area contributed by atoms with E-state index in [1.807, 2.05) is 45.2 Å². The Labute approximate surface area is 239 Å². The number of nitrogens with zero attached hydrogens (tertiary/aromatic N) is 6. The van der Waals surface area contributed by atoms with E-state index in [4.69, 9.17) is 11.6 Å². The zero-order valence-corrected chi connectivity index (χ0v) is 23.9. The highest BCUT2D eigenvalue weighted by Gasteiger charge is 2.37. The molecule has 5 rings (SSSR count). The van der Waals surface area contributed by atoms with Gasteiger partial charge in [-0.15, -0.1) is 0 Å². The van der Waals surface area contributed by atoms with Gasteiger partial charge in [-0.25, -0.2) is 14.8 Å². The van der Waals surface area contributed by atoms with Gasteiger partial charge in [0.2, 0.25) is 5.91 Å². The smallest absolute Gasteiger partial charge is 0.407 e. The number of hydrogen-bond donors (Lipinski definition) is 1. The summed E-state index contributed by atoms with van der Waals surface area (Å²) in [4.78, 5) is 53.7. The lowest BCUT2D eigenvalue weighted by Gasteiger charge is -2.27. The van der Waals surface area contributed by atoms with E-state index >= 15 is 0 Å². The molecule has 0 radical (unpaired) electrons. The summed E-state index contributed by atoms with van der Waals surface area (Å²) in [7, 11) is 0.